The third-order valence-corrected chi connectivity index (χ3v) is 4.74. The molecule has 0 saturated heterocycles. The average molecular weight is 334 g/mol. The quantitative estimate of drug-likeness (QED) is 0.740. The second-order valence-corrected chi connectivity index (χ2v) is 7.48. The van der Waals surface area contributed by atoms with Crippen molar-refractivity contribution in [2.45, 2.75) is 51.7 Å². The third kappa shape index (κ3) is 5.39. The maximum Gasteiger partial charge on any atom is 0.0701 e. The Morgan fingerprint density at radius 3 is 2.72 bits per heavy atom. The number of hydrogen-bond donors (Lipinski definition) is 1. The molecule has 0 fully saturated rings. The SMILES string of the molecule is CCCNC(CCC(C)(C)OC)c1csc(Br)c1. The lowest BCUT2D eigenvalue weighted by Gasteiger charge is -2.26. The van der Waals surface area contributed by atoms with E-state index < -0.39 is 0 Å². The van der Waals surface area contributed by atoms with Gasteiger partial charge >= 0.3 is 0 Å². The Bertz CT molecular complexity index is 351. The van der Waals surface area contributed by atoms with Crippen molar-refractivity contribution in [3.05, 3.63) is 20.8 Å². The van der Waals surface area contributed by atoms with Gasteiger partial charge in [0.25, 0.3) is 0 Å². The summed E-state index contributed by atoms with van der Waals surface area (Å²) >= 11 is 5.29. The molecule has 1 N–H and O–H groups in total. The van der Waals surface area contributed by atoms with Crippen molar-refractivity contribution in [2.75, 3.05) is 13.7 Å². The molecule has 0 aliphatic carbocycles. The second kappa shape index (κ2) is 7.63. The number of halogens is 1. The molecule has 1 aromatic heterocycles. The summed E-state index contributed by atoms with van der Waals surface area (Å²) in [5.41, 5.74) is 1.34. The molecular weight excluding hydrogens is 310 g/mol. The molecule has 1 rings (SSSR count). The summed E-state index contributed by atoms with van der Waals surface area (Å²) in [5, 5.41) is 5.86. The Morgan fingerprint density at radius 2 is 2.22 bits per heavy atom. The molecule has 0 radical (unpaired) electrons. The van der Waals surface area contributed by atoms with E-state index >= 15 is 0 Å². The number of nitrogens with one attached hydrogen (secondary N) is 1. The molecule has 0 amide bonds. The largest absolute Gasteiger partial charge is 0.379 e. The molecular formula is C14H24BrNOS. The van der Waals surface area contributed by atoms with E-state index in [1.165, 1.54) is 9.35 Å². The lowest BCUT2D eigenvalue weighted by molar-refractivity contribution is 0.0117. The zero-order chi connectivity index (χ0) is 13.6. The Hall–Kier alpha value is 0.100. The average Bonchev–Trinajstić information content (AvgIpc) is 2.76. The van der Waals surface area contributed by atoms with Crippen molar-refractivity contribution in [3.63, 3.8) is 0 Å². The molecule has 1 aromatic rings. The molecule has 1 heterocycles. The van der Waals surface area contributed by atoms with Crippen LogP contribution in [0.1, 0.15) is 51.6 Å². The van der Waals surface area contributed by atoms with Crippen molar-refractivity contribution in [2.24, 2.45) is 0 Å². The van der Waals surface area contributed by atoms with Crippen LogP contribution < -0.4 is 5.32 Å². The predicted octanol–water partition coefficient (Wildman–Crippen LogP) is 4.76. The predicted molar refractivity (Wildman–Crippen MR) is 83.4 cm³/mol. The summed E-state index contributed by atoms with van der Waals surface area (Å²) in [5.74, 6) is 0. The van der Waals surface area contributed by atoms with E-state index in [1.807, 2.05) is 0 Å². The fourth-order valence-electron chi connectivity index (χ4n) is 1.81. The van der Waals surface area contributed by atoms with Gasteiger partial charge in [-0.3, -0.25) is 0 Å². The van der Waals surface area contributed by atoms with E-state index in [-0.39, 0.29) is 5.60 Å². The summed E-state index contributed by atoms with van der Waals surface area (Å²) in [4.78, 5) is 0. The van der Waals surface area contributed by atoms with Crippen molar-refractivity contribution in [1.29, 1.82) is 0 Å². The van der Waals surface area contributed by atoms with Gasteiger partial charge in [-0.1, -0.05) is 6.92 Å². The molecule has 0 aliphatic rings. The highest BCUT2D eigenvalue weighted by atomic mass is 79.9. The molecule has 0 aliphatic heterocycles. The van der Waals surface area contributed by atoms with Gasteiger partial charge < -0.3 is 10.1 Å². The van der Waals surface area contributed by atoms with Crippen LogP contribution in [0.2, 0.25) is 0 Å². The number of rotatable bonds is 8. The molecule has 1 unspecified atom stereocenters. The van der Waals surface area contributed by atoms with E-state index in [1.54, 1.807) is 18.4 Å². The molecule has 4 heteroatoms. The van der Waals surface area contributed by atoms with E-state index in [2.05, 4.69) is 53.5 Å². The monoisotopic (exact) mass is 333 g/mol. The van der Waals surface area contributed by atoms with Gasteiger partial charge in [-0.15, -0.1) is 11.3 Å². The molecule has 0 bridgehead atoms. The van der Waals surface area contributed by atoms with Crippen LogP contribution in [0.25, 0.3) is 0 Å². The van der Waals surface area contributed by atoms with E-state index in [0.29, 0.717) is 6.04 Å². The number of thiophene rings is 1. The fraction of sp³-hybridized carbons (Fsp3) is 0.714. The normalized spacial score (nSPS) is 13.8. The van der Waals surface area contributed by atoms with Crippen molar-refractivity contribution in [1.82, 2.24) is 5.32 Å². The summed E-state index contributed by atoms with van der Waals surface area (Å²) in [6.45, 7) is 7.55. The highest BCUT2D eigenvalue weighted by Gasteiger charge is 2.20. The highest BCUT2D eigenvalue weighted by molar-refractivity contribution is 9.11. The zero-order valence-electron chi connectivity index (χ0n) is 11.8. The van der Waals surface area contributed by atoms with Crippen LogP contribution in [0.4, 0.5) is 0 Å². The minimum absolute atomic E-state index is 0.0423. The van der Waals surface area contributed by atoms with Gasteiger partial charge in [0, 0.05) is 13.2 Å². The molecule has 0 spiro atoms. The van der Waals surface area contributed by atoms with Crippen LogP contribution in [-0.4, -0.2) is 19.3 Å². The van der Waals surface area contributed by atoms with E-state index in [0.717, 1.165) is 25.8 Å². The zero-order valence-corrected chi connectivity index (χ0v) is 14.2. The lowest BCUT2D eigenvalue weighted by Crippen LogP contribution is -2.27. The van der Waals surface area contributed by atoms with Crippen molar-refractivity contribution in [3.8, 4) is 0 Å². The van der Waals surface area contributed by atoms with Crippen LogP contribution in [0.3, 0.4) is 0 Å². The fourth-order valence-corrected chi connectivity index (χ4v) is 3.04. The van der Waals surface area contributed by atoms with Gasteiger partial charge in [0.15, 0.2) is 0 Å². The maximum absolute atomic E-state index is 5.50. The summed E-state index contributed by atoms with van der Waals surface area (Å²) in [6, 6.07) is 2.65. The smallest absolute Gasteiger partial charge is 0.0701 e. The second-order valence-electron chi connectivity index (χ2n) is 5.19. The first-order chi connectivity index (χ1) is 8.48. The molecule has 2 nitrogen and oxygen atoms in total. The molecule has 0 saturated carbocycles. The molecule has 1 atom stereocenters. The minimum atomic E-state index is -0.0423. The van der Waals surface area contributed by atoms with E-state index in [4.69, 9.17) is 4.74 Å². The van der Waals surface area contributed by atoms with Gasteiger partial charge in [0.1, 0.15) is 0 Å². The van der Waals surface area contributed by atoms with Gasteiger partial charge in [-0.05, 0) is 72.6 Å². The number of methoxy groups -OCH3 is 1. The molecule has 104 valence electrons. The maximum atomic E-state index is 5.50. The van der Waals surface area contributed by atoms with Gasteiger partial charge in [-0.25, -0.2) is 0 Å². The summed E-state index contributed by atoms with van der Waals surface area (Å²) in [7, 11) is 1.79. The highest BCUT2D eigenvalue weighted by Crippen LogP contribution is 2.30. The minimum Gasteiger partial charge on any atom is -0.379 e. The van der Waals surface area contributed by atoms with Crippen LogP contribution in [-0.2, 0) is 4.74 Å². The van der Waals surface area contributed by atoms with Crippen LogP contribution in [0.5, 0.6) is 0 Å². The Morgan fingerprint density at radius 1 is 1.50 bits per heavy atom. The van der Waals surface area contributed by atoms with Crippen LogP contribution in [0.15, 0.2) is 15.2 Å². The molecule has 0 aromatic carbocycles. The van der Waals surface area contributed by atoms with Crippen molar-refractivity contribution >= 4 is 27.3 Å². The first-order valence-electron chi connectivity index (χ1n) is 6.51. The number of hydrogen-bond acceptors (Lipinski definition) is 3. The summed E-state index contributed by atoms with van der Waals surface area (Å²) in [6.07, 6.45) is 3.32. The van der Waals surface area contributed by atoms with E-state index in [9.17, 15) is 0 Å². The summed E-state index contributed by atoms with van der Waals surface area (Å²) < 4.78 is 6.70. The Kier molecular flexibility index (Phi) is 6.85. The van der Waals surface area contributed by atoms with Crippen LogP contribution >= 0.6 is 27.3 Å². The van der Waals surface area contributed by atoms with Gasteiger partial charge in [0.05, 0.1) is 9.39 Å². The lowest BCUT2D eigenvalue weighted by atomic mass is 9.96. The van der Waals surface area contributed by atoms with Crippen LogP contribution in [0, 0.1) is 0 Å². The first-order valence-corrected chi connectivity index (χ1v) is 8.18. The molecule has 18 heavy (non-hydrogen) atoms. The van der Waals surface area contributed by atoms with Gasteiger partial charge in [-0.2, -0.15) is 0 Å². The first kappa shape index (κ1) is 16.2. The number of ether oxygens (including phenoxy) is 1. The topological polar surface area (TPSA) is 21.3 Å². The Labute approximate surface area is 123 Å². The Balaban J connectivity index is 2.61. The third-order valence-electron chi connectivity index (χ3n) is 3.22. The van der Waals surface area contributed by atoms with Gasteiger partial charge in [0.2, 0.25) is 0 Å². The van der Waals surface area contributed by atoms with Crippen molar-refractivity contribution < 1.29 is 4.74 Å². The standard InChI is InChI=1S/C14H24BrNOS/c1-5-8-16-12(6-7-14(2,3)17-4)11-9-13(15)18-10-11/h9-10,12,16H,5-8H2,1-4H3.